The molecule has 0 saturated heterocycles. The van der Waals surface area contributed by atoms with Crippen molar-refractivity contribution in [1.29, 1.82) is 0 Å². The van der Waals surface area contributed by atoms with Crippen LogP contribution in [0.3, 0.4) is 0 Å². The average molecular weight is 907 g/mol. The summed E-state index contributed by atoms with van der Waals surface area (Å²) in [6.07, 6.45) is 8.09. The molecule has 12 rings (SSSR count). The van der Waals surface area contributed by atoms with Gasteiger partial charge in [-0.1, -0.05) is 206 Å². The highest BCUT2D eigenvalue weighted by Crippen LogP contribution is 2.42. The molecule has 334 valence electrons. The molecule has 3 aromatic heterocycles. The number of pyridine rings is 2. The first-order chi connectivity index (χ1) is 35.2. The third kappa shape index (κ3) is 8.90. The minimum Gasteiger partial charge on any atom is -0.256 e. The summed E-state index contributed by atoms with van der Waals surface area (Å²) in [6.45, 7) is 0. The van der Waals surface area contributed by atoms with Crippen molar-refractivity contribution in [3.63, 3.8) is 0 Å². The van der Waals surface area contributed by atoms with E-state index < -0.39 is 0 Å². The lowest BCUT2D eigenvalue weighted by atomic mass is 9.86. The van der Waals surface area contributed by atoms with Crippen molar-refractivity contribution in [2.24, 2.45) is 0 Å². The standard InChI is InChI=1S/C67H46N4/c1-4-17-47(18-5-1)48-31-33-49(34-32-48)51-21-16-22-52(39-51)67-38-36-54(44-69-67)61-26-11-13-28-63(61)56-40-55(62-27-12-10-25-60(62)53-35-37-66(68-43-53)50-19-6-2-7-20-50)41-57(42-56)64-29-14-15-30-65(64)58-45-70-71(46-58)59-23-8-3-9-24-59/h1-46H. The van der Waals surface area contributed by atoms with E-state index in [1.807, 2.05) is 47.5 Å². The number of rotatable bonds is 11. The summed E-state index contributed by atoms with van der Waals surface area (Å²) in [4.78, 5) is 10.1. The molecule has 4 heteroatoms. The average Bonchev–Trinajstić information content (AvgIpc) is 3.97. The molecule has 0 atom stereocenters. The lowest BCUT2D eigenvalue weighted by molar-refractivity contribution is 0.881. The second-order valence-corrected chi connectivity index (χ2v) is 17.7. The minimum atomic E-state index is 0.924. The van der Waals surface area contributed by atoms with E-state index >= 15 is 0 Å². The van der Waals surface area contributed by atoms with Gasteiger partial charge in [0.15, 0.2) is 0 Å². The molecule has 4 nitrogen and oxygen atoms in total. The molecule has 0 aliphatic carbocycles. The van der Waals surface area contributed by atoms with Gasteiger partial charge in [-0.3, -0.25) is 9.97 Å². The van der Waals surface area contributed by atoms with Gasteiger partial charge in [0.25, 0.3) is 0 Å². The Kier molecular flexibility index (Phi) is 11.6. The van der Waals surface area contributed by atoms with Crippen LogP contribution in [-0.2, 0) is 0 Å². The molecule has 0 unspecified atom stereocenters. The van der Waals surface area contributed by atoms with Crippen molar-refractivity contribution in [1.82, 2.24) is 19.7 Å². The third-order valence-corrected chi connectivity index (χ3v) is 13.3. The summed E-state index contributed by atoms with van der Waals surface area (Å²) in [5.74, 6) is 0. The fraction of sp³-hybridized carbons (Fsp3) is 0. The molecule has 3 heterocycles. The molecule has 0 spiro atoms. The minimum absolute atomic E-state index is 0.924. The van der Waals surface area contributed by atoms with Crippen molar-refractivity contribution in [3.8, 4) is 117 Å². The summed E-state index contributed by atoms with van der Waals surface area (Å²) in [5, 5.41) is 4.80. The van der Waals surface area contributed by atoms with Gasteiger partial charge in [0.05, 0.1) is 23.3 Å². The lowest BCUT2D eigenvalue weighted by Crippen LogP contribution is -1.93. The molecule has 0 bridgehead atoms. The highest BCUT2D eigenvalue weighted by Gasteiger charge is 2.18. The van der Waals surface area contributed by atoms with Crippen LogP contribution >= 0.6 is 0 Å². The molecule has 0 aliphatic rings. The van der Waals surface area contributed by atoms with Crippen LogP contribution in [0.2, 0.25) is 0 Å². The second kappa shape index (κ2) is 19.2. The summed E-state index contributed by atoms with van der Waals surface area (Å²) >= 11 is 0. The normalized spacial score (nSPS) is 11.1. The van der Waals surface area contributed by atoms with E-state index in [1.54, 1.807) is 0 Å². The molecule has 0 amide bonds. The zero-order valence-electron chi connectivity index (χ0n) is 38.8. The van der Waals surface area contributed by atoms with Crippen LogP contribution in [0.15, 0.2) is 280 Å². The Bertz CT molecular complexity index is 3770. The fourth-order valence-electron chi connectivity index (χ4n) is 9.64. The molecule has 71 heavy (non-hydrogen) atoms. The Hall–Kier alpha value is -9.51. The smallest absolute Gasteiger partial charge is 0.0702 e. The van der Waals surface area contributed by atoms with Gasteiger partial charge < -0.3 is 0 Å². The Labute approximate surface area is 414 Å². The number of hydrogen-bond donors (Lipinski definition) is 0. The summed E-state index contributed by atoms with van der Waals surface area (Å²) in [5.41, 5.74) is 22.9. The monoisotopic (exact) mass is 906 g/mol. The first-order valence-electron chi connectivity index (χ1n) is 24.0. The van der Waals surface area contributed by atoms with Gasteiger partial charge >= 0.3 is 0 Å². The number of hydrogen-bond acceptors (Lipinski definition) is 3. The van der Waals surface area contributed by atoms with Crippen molar-refractivity contribution < 1.29 is 0 Å². The van der Waals surface area contributed by atoms with Crippen LogP contribution in [0.25, 0.3) is 117 Å². The third-order valence-electron chi connectivity index (χ3n) is 13.3. The zero-order chi connectivity index (χ0) is 47.3. The van der Waals surface area contributed by atoms with E-state index in [9.17, 15) is 0 Å². The van der Waals surface area contributed by atoms with Crippen molar-refractivity contribution >= 4 is 0 Å². The molecule has 0 N–H and O–H groups in total. The SMILES string of the molecule is c1ccc(-c2ccc(-c3cccc(-c4ccc(-c5ccccc5-c5cc(-c6ccccc6-c6ccc(-c7ccccc7)nc6)cc(-c6ccccc6-c6cnn(-c7ccccc7)c6)c5)cn4)c3)cc2)cc1. The van der Waals surface area contributed by atoms with Gasteiger partial charge in [-0.25, -0.2) is 4.68 Å². The van der Waals surface area contributed by atoms with E-state index in [1.165, 1.54) is 16.7 Å². The number of benzene rings is 9. The molecule has 0 saturated carbocycles. The molecular weight excluding hydrogens is 861 g/mol. The van der Waals surface area contributed by atoms with Crippen LogP contribution in [0, 0.1) is 0 Å². The van der Waals surface area contributed by atoms with Crippen LogP contribution in [0.4, 0.5) is 0 Å². The Morgan fingerprint density at radius 2 is 0.577 bits per heavy atom. The zero-order valence-corrected chi connectivity index (χ0v) is 38.8. The van der Waals surface area contributed by atoms with Crippen LogP contribution in [0.1, 0.15) is 0 Å². The van der Waals surface area contributed by atoms with Gasteiger partial charge in [0.2, 0.25) is 0 Å². The molecule has 0 aliphatic heterocycles. The number of nitrogens with zero attached hydrogens (tertiary/aromatic N) is 4. The fourth-order valence-corrected chi connectivity index (χ4v) is 9.64. The summed E-state index contributed by atoms with van der Waals surface area (Å²) < 4.78 is 1.94. The van der Waals surface area contributed by atoms with Crippen molar-refractivity contribution in [3.05, 3.63) is 280 Å². The van der Waals surface area contributed by atoms with Gasteiger partial charge in [-0.15, -0.1) is 0 Å². The summed E-state index contributed by atoms with van der Waals surface area (Å²) in [7, 11) is 0. The second-order valence-electron chi connectivity index (χ2n) is 17.7. The predicted molar refractivity (Wildman–Crippen MR) is 294 cm³/mol. The molecular formula is C67H46N4. The Balaban J connectivity index is 0.936. The predicted octanol–water partition coefficient (Wildman–Crippen LogP) is 17.3. The maximum atomic E-state index is 5.10. The van der Waals surface area contributed by atoms with Gasteiger partial charge in [-0.05, 0) is 121 Å². The van der Waals surface area contributed by atoms with E-state index in [-0.39, 0.29) is 0 Å². The number of para-hydroxylation sites is 1. The highest BCUT2D eigenvalue weighted by molar-refractivity contribution is 5.94. The van der Waals surface area contributed by atoms with Gasteiger partial charge in [-0.2, -0.15) is 5.10 Å². The maximum absolute atomic E-state index is 5.10. The molecule has 0 fully saturated rings. The topological polar surface area (TPSA) is 43.6 Å². The van der Waals surface area contributed by atoms with E-state index in [0.29, 0.717) is 0 Å². The molecule has 9 aromatic carbocycles. The van der Waals surface area contributed by atoms with E-state index in [4.69, 9.17) is 15.1 Å². The van der Waals surface area contributed by atoms with Gasteiger partial charge in [0, 0.05) is 46.4 Å². The van der Waals surface area contributed by atoms with E-state index in [2.05, 4.69) is 237 Å². The maximum Gasteiger partial charge on any atom is 0.0702 e. The first kappa shape index (κ1) is 42.8. The number of aromatic nitrogens is 4. The lowest BCUT2D eigenvalue weighted by Gasteiger charge is -2.17. The first-order valence-corrected chi connectivity index (χ1v) is 24.0. The molecule has 12 aromatic rings. The van der Waals surface area contributed by atoms with Crippen molar-refractivity contribution in [2.45, 2.75) is 0 Å². The Morgan fingerprint density at radius 1 is 0.225 bits per heavy atom. The van der Waals surface area contributed by atoms with Crippen molar-refractivity contribution in [2.75, 3.05) is 0 Å². The van der Waals surface area contributed by atoms with Gasteiger partial charge in [0.1, 0.15) is 0 Å². The van der Waals surface area contributed by atoms with Crippen LogP contribution in [-0.4, -0.2) is 19.7 Å². The molecule has 0 radical (unpaired) electrons. The Morgan fingerprint density at radius 3 is 1.07 bits per heavy atom. The summed E-state index contributed by atoms with van der Waals surface area (Å²) in [6, 6.07) is 90.2. The van der Waals surface area contributed by atoms with E-state index in [0.717, 1.165) is 101 Å². The van der Waals surface area contributed by atoms with Crippen LogP contribution < -0.4 is 0 Å². The largest absolute Gasteiger partial charge is 0.256 e. The quantitative estimate of drug-likeness (QED) is 0.130. The highest BCUT2D eigenvalue weighted by atomic mass is 15.3. The van der Waals surface area contributed by atoms with Crippen LogP contribution in [0.5, 0.6) is 0 Å².